The Bertz CT molecular complexity index is 806. The van der Waals surface area contributed by atoms with Crippen LogP contribution in [0.15, 0.2) is 24.3 Å². The molecular weight excluding hydrogens is 529 g/mol. The van der Waals surface area contributed by atoms with Crippen molar-refractivity contribution in [2.75, 3.05) is 0 Å². The smallest absolute Gasteiger partial charge is 0.404 e. The Kier molecular flexibility index (Phi) is 14.9. The van der Waals surface area contributed by atoms with Crippen LogP contribution in [-0.2, 0) is 4.57 Å². The van der Waals surface area contributed by atoms with Gasteiger partial charge in [0.15, 0.2) is 0 Å². The first-order chi connectivity index (χ1) is 19.3. The molecule has 0 atom stereocenters. The van der Waals surface area contributed by atoms with Gasteiger partial charge in [-0.1, -0.05) is 77.0 Å². The Morgan fingerprint density at radius 1 is 0.625 bits per heavy atom. The van der Waals surface area contributed by atoms with Gasteiger partial charge >= 0.3 is 7.82 Å². The van der Waals surface area contributed by atoms with Crippen LogP contribution in [0.5, 0.6) is 5.75 Å². The lowest BCUT2D eigenvalue weighted by Crippen LogP contribution is -2.40. The lowest BCUT2D eigenvalue weighted by Gasteiger charge is -2.30. The first-order valence-electron chi connectivity index (χ1n) is 15.8. The number of benzene rings is 1. The van der Waals surface area contributed by atoms with Crippen LogP contribution >= 0.6 is 7.82 Å². The van der Waals surface area contributed by atoms with E-state index in [9.17, 15) is 14.7 Å². The summed E-state index contributed by atoms with van der Waals surface area (Å²) in [6.07, 6.45) is 29.1. The highest BCUT2D eigenvalue weighted by Crippen LogP contribution is 2.37. The van der Waals surface area contributed by atoms with Crippen molar-refractivity contribution in [1.29, 1.82) is 0 Å². The number of nitro benzene ring substituents is 1. The standard InChI is InChI=1S/2C12H23N.C6H6NO6P/c2*1-3-7-11(8-4-1)13-12-9-5-2-6-10-12;8-7(9)5-1-3-6(4-2-5)13-14(10,11)12/h2*11-13H,1-10H2;1-4H,(H2,10,11,12). The van der Waals surface area contributed by atoms with E-state index in [2.05, 4.69) is 15.2 Å². The van der Waals surface area contributed by atoms with E-state index in [1.807, 2.05) is 0 Å². The fourth-order valence-corrected chi connectivity index (χ4v) is 6.91. The van der Waals surface area contributed by atoms with Crippen LogP contribution in [0.25, 0.3) is 0 Å². The van der Waals surface area contributed by atoms with Crippen molar-refractivity contribution in [2.45, 2.75) is 153 Å². The summed E-state index contributed by atoms with van der Waals surface area (Å²) in [6.45, 7) is 0. The third-order valence-corrected chi connectivity index (χ3v) is 9.08. The van der Waals surface area contributed by atoms with Crippen LogP contribution in [-0.4, -0.2) is 38.9 Å². The number of hydrogen-bond donors (Lipinski definition) is 4. The minimum atomic E-state index is -4.60. The third-order valence-electron chi connectivity index (χ3n) is 8.64. The number of nitrogens with one attached hydrogen (secondary N) is 2. The molecule has 0 aliphatic heterocycles. The zero-order valence-corrected chi connectivity index (χ0v) is 25.1. The molecule has 0 radical (unpaired) electrons. The Labute approximate surface area is 240 Å². The topological polar surface area (TPSA) is 134 Å². The number of nitro groups is 1. The quantitative estimate of drug-likeness (QED) is 0.147. The second-order valence-corrected chi connectivity index (χ2v) is 13.2. The van der Waals surface area contributed by atoms with E-state index < -0.39 is 12.7 Å². The van der Waals surface area contributed by atoms with E-state index in [4.69, 9.17) is 9.79 Å². The summed E-state index contributed by atoms with van der Waals surface area (Å²) in [5.74, 6) is -0.121. The average Bonchev–Trinajstić information content (AvgIpc) is 2.95. The molecule has 1 aromatic rings. The van der Waals surface area contributed by atoms with E-state index in [-0.39, 0.29) is 11.4 Å². The van der Waals surface area contributed by atoms with E-state index >= 15 is 0 Å². The van der Waals surface area contributed by atoms with Gasteiger partial charge in [0.2, 0.25) is 0 Å². The normalized spacial score (nSPS) is 21.9. The summed E-state index contributed by atoms with van der Waals surface area (Å²) in [6, 6.07) is 7.88. The van der Waals surface area contributed by atoms with Crippen LogP contribution < -0.4 is 15.2 Å². The van der Waals surface area contributed by atoms with E-state index in [1.165, 1.54) is 128 Å². The van der Waals surface area contributed by atoms with E-state index in [0.29, 0.717) is 0 Å². The first kappa shape index (κ1) is 33.0. The molecule has 1 aromatic carbocycles. The molecule has 4 aliphatic carbocycles. The van der Waals surface area contributed by atoms with Crippen molar-refractivity contribution in [3.63, 3.8) is 0 Å². The maximum atomic E-state index is 10.4. The number of hydrogen-bond acceptors (Lipinski definition) is 6. The van der Waals surface area contributed by atoms with Crippen molar-refractivity contribution in [2.24, 2.45) is 0 Å². The molecule has 4 aliphatic rings. The second-order valence-electron chi connectivity index (χ2n) is 12.0. The molecule has 10 heteroatoms. The van der Waals surface area contributed by atoms with Crippen molar-refractivity contribution < 1.29 is 23.8 Å². The fraction of sp³-hybridized carbons (Fsp3) is 0.800. The summed E-state index contributed by atoms with van der Waals surface area (Å²) >= 11 is 0. The Morgan fingerprint density at radius 2 is 0.925 bits per heavy atom. The maximum Gasteiger partial charge on any atom is 0.524 e. The van der Waals surface area contributed by atoms with Crippen molar-refractivity contribution in [1.82, 2.24) is 10.6 Å². The zero-order chi connectivity index (χ0) is 28.6. The summed E-state index contributed by atoms with van der Waals surface area (Å²) in [4.78, 5) is 26.4. The number of phosphoric ester groups is 1. The van der Waals surface area contributed by atoms with Crippen LogP contribution in [0.4, 0.5) is 5.69 Å². The lowest BCUT2D eigenvalue weighted by molar-refractivity contribution is -0.384. The van der Waals surface area contributed by atoms with E-state index in [1.54, 1.807) is 0 Å². The molecule has 0 amide bonds. The van der Waals surface area contributed by atoms with Gasteiger partial charge in [-0.2, -0.15) is 0 Å². The minimum absolute atomic E-state index is 0.121. The summed E-state index contributed by atoms with van der Waals surface area (Å²) in [7, 11) is -4.60. The molecule has 9 nitrogen and oxygen atoms in total. The van der Waals surface area contributed by atoms with Gasteiger partial charge in [-0.3, -0.25) is 19.9 Å². The molecule has 4 N–H and O–H groups in total. The molecule has 0 saturated heterocycles. The molecule has 5 rings (SSSR count). The highest BCUT2D eigenvalue weighted by atomic mass is 31.2. The zero-order valence-electron chi connectivity index (χ0n) is 24.2. The highest BCUT2D eigenvalue weighted by Gasteiger charge is 2.20. The number of nitrogens with zero attached hydrogens (tertiary/aromatic N) is 1. The maximum absolute atomic E-state index is 10.4. The van der Waals surface area contributed by atoms with Gasteiger partial charge in [0.1, 0.15) is 5.75 Å². The van der Waals surface area contributed by atoms with Crippen molar-refractivity contribution in [3.05, 3.63) is 34.4 Å². The second kappa shape index (κ2) is 18.1. The summed E-state index contributed by atoms with van der Waals surface area (Å²) < 4.78 is 14.5. The predicted molar refractivity (Wildman–Crippen MR) is 160 cm³/mol. The van der Waals surface area contributed by atoms with Gasteiger partial charge in [-0.25, -0.2) is 4.57 Å². The molecule has 4 saturated carbocycles. The van der Waals surface area contributed by atoms with Gasteiger partial charge in [0.25, 0.3) is 5.69 Å². The van der Waals surface area contributed by atoms with Gasteiger partial charge in [-0.15, -0.1) is 0 Å². The summed E-state index contributed by atoms with van der Waals surface area (Å²) in [5, 5.41) is 17.9. The minimum Gasteiger partial charge on any atom is -0.404 e. The average molecular weight is 582 g/mol. The Hall–Kier alpha value is -1.51. The largest absolute Gasteiger partial charge is 0.524 e. The lowest BCUT2D eigenvalue weighted by atomic mass is 9.91. The molecule has 0 bridgehead atoms. The molecule has 0 aromatic heterocycles. The molecule has 4 fully saturated rings. The number of rotatable bonds is 7. The molecule has 0 unspecified atom stereocenters. The van der Waals surface area contributed by atoms with Crippen molar-refractivity contribution in [3.8, 4) is 5.75 Å². The molecule has 228 valence electrons. The third kappa shape index (κ3) is 13.9. The Balaban J connectivity index is 0.000000165. The first-order valence-corrected chi connectivity index (χ1v) is 17.3. The Morgan fingerprint density at radius 3 is 1.18 bits per heavy atom. The number of phosphoric acid groups is 1. The van der Waals surface area contributed by atoms with Gasteiger partial charge in [0.05, 0.1) is 4.92 Å². The fourth-order valence-electron chi connectivity index (χ4n) is 6.51. The van der Waals surface area contributed by atoms with Crippen LogP contribution in [0, 0.1) is 10.1 Å². The number of non-ortho nitro benzene ring substituents is 1. The van der Waals surface area contributed by atoms with Gasteiger partial charge in [0, 0.05) is 36.3 Å². The molecular formula is C30H52N3O6P. The molecule has 40 heavy (non-hydrogen) atoms. The monoisotopic (exact) mass is 581 g/mol. The predicted octanol–water partition coefficient (Wildman–Crippen LogP) is 7.55. The van der Waals surface area contributed by atoms with E-state index in [0.717, 1.165) is 48.4 Å². The SMILES string of the molecule is C1CCC(NC2CCCCC2)CC1.C1CCC(NC2CCCCC2)CC1.O=[N+]([O-])c1ccc(OP(=O)(O)O)cc1. The van der Waals surface area contributed by atoms with Crippen LogP contribution in [0.2, 0.25) is 0 Å². The summed E-state index contributed by atoms with van der Waals surface area (Å²) in [5.41, 5.74) is -0.178. The van der Waals surface area contributed by atoms with Gasteiger partial charge in [-0.05, 0) is 63.5 Å². The molecule has 0 heterocycles. The highest BCUT2D eigenvalue weighted by molar-refractivity contribution is 7.46. The van der Waals surface area contributed by atoms with Crippen molar-refractivity contribution >= 4 is 13.5 Å². The van der Waals surface area contributed by atoms with Crippen LogP contribution in [0.1, 0.15) is 128 Å². The molecule has 0 spiro atoms. The van der Waals surface area contributed by atoms with Crippen LogP contribution in [0.3, 0.4) is 0 Å². The van der Waals surface area contributed by atoms with Gasteiger partial charge < -0.3 is 15.2 Å².